The maximum absolute atomic E-state index is 12.0. The van der Waals surface area contributed by atoms with Gasteiger partial charge in [0.2, 0.25) is 11.8 Å². The highest BCUT2D eigenvalue weighted by Gasteiger charge is 2.16. The average Bonchev–Trinajstić information content (AvgIpc) is 2.47. The third kappa shape index (κ3) is 6.46. The van der Waals surface area contributed by atoms with Crippen LogP contribution in [0, 0.1) is 0 Å². The molecule has 0 bridgehead atoms. The number of amides is 2. The van der Waals surface area contributed by atoms with Crippen LogP contribution in [0.15, 0.2) is 18.2 Å². The molecule has 0 radical (unpaired) electrons. The summed E-state index contributed by atoms with van der Waals surface area (Å²) < 4.78 is 5.29. The molecule has 0 aliphatic carbocycles. The van der Waals surface area contributed by atoms with Crippen LogP contribution in [-0.4, -0.2) is 50.0 Å². The van der Waals surface area contributed by atoms with E-state index in [0.29, 0.717) is 18.1 Å². The van der Waals surface area contributed by atoms with Crippen molar-refractivity contribution in [2.75, 3.05) is 27.2 Å². The fraction of sp³-hybridized carbons (Fsp3) is 0.500. The highest BCUT2D eigenvalue weighted by atomic mass is 35.5. The third-order valence-electron chi connectivity index (χ3n) is 3.22. The molecule has 0 spiro atoms. The zero-order valence-electron chi connectivity index (χ0n) is 14.0. The van der Waals surface area contributed by atoms with Gasteiger partial charge in [-0.25, -0.2) is 0 Å². The van der Waals surface area contributed by atoms with Crippen molar-refractivity contribution in [3.05, 3.63) is 28.8 Å². The first kappa shape index (κ1) is 19.3. The van der Waals surface area contributed by atoms with E-state index < -0.39 is 6.04 Å². The van der Waals surface area contributed by atoms with Crippen molar-refractivity contribution >= 4 is 23.4 Å². The Morgan fingerprint density at radius 3 is 2.70 bits per heavy atom. The van der Waals surface area contributed by atoms with Crippen molar-refractivity contribution in [2.45, 2.75) is 26.4 Å². The summed E-state index contributed by atoms with van der Waals surface area (Å²) in [5.74, 6) is 0.310. The van der Waals surface area contributed by atoms with Crippen molar-refractivity contribution in [3.8, 4) is 5.75 Å². The zero-order valence-corrected chi connectivity index (χ0v) is 14.7. The molecule has 7 heteroatoms. The van der Waals surface area contributed by atoms with Gasteiger partial charge in [0.15, 0.2) is 0 Å². The average molecular weight is 342 g/mol. The van der Waals surface area contributed by atoms with E-state index in [1.165, 1.54) is 0 Å². The van der Waals surface area contributed by atoms with Gasteiger partial charge in [0.1, 0.15) is 11.8 Å². The predicted molar refractivity (Wildman–Crippen MR) is 90.6 cm³/mol. The Bertz CT molecular complexity index is 551. The quantitative estimate of drug-likeness (QED) is 0.750. The molecule has 1 rings (SSSR count). The SMILES string of the molecule is CCNC(=O)[C@H](C)NC(=O)CN(C)Cc1cc(Cl)ccc1OC. The fourth-order valence-corrected chi connectivity index (χ4v) is 2.34. The number of benzene rings is 1. The lowest BCUT2D eigenvalue weighted by molar-refractivity contribution is -0.129. The van der Waals surface area contributed by atoms with E-state index >= 15 is 0 Å². The lowest BCUT2D eigenvalue weighted by atomic mass is 10.2. The first-order chi connectivity index (χ1) is 10.9. The minimum absolute atomic E-state index is 0.166. The number of carbonyl (C=O) groups is 2. The molecule has 1 atom stereocenters. The number of rotatable bonds is 8. The van der Waals surface area contributed by atoms with Crippen LogP contribution in [0.3, 0.4) is 0 Å². The van der Waals surface area contributed by atoms with Crippen molar-refractivity contribution in [3.63, 3.8) is 0 Å². The molecule has 0 aliphatic rings. The molecule has 23 heavy (non-hydrogen) atoms. The Morgan fingerprint density at radius 2 is 2.09 bits per heavy atom. The maximum Gasteiger partial charge on any atom is 0.242 e. The van der Waals surface area contributed by atoms with Crippen molar-refractivity contribution < 1.29 is 14.3 Å². The van der Waals surface area contributed by atoms with Gasteiger partial charge in [-0.3, -0.25) is 14.5 Å². The molecule has 2 N–H and O–H groups in total. The molecule has 128 valence electrons. The van der Waals surface area contributed by atoms with Gasteiger partial charge in [-0.15, -0.1) is 0 Å². The van der Waals surface area contributed by atoms with Gasteiger partial charge in [0.25, 0.3) is 0 Å². The van der Waals surface area contributed by atoms with Crippen LogP contribution in [0.4, 0.5) is 0 Å². The summed E-state index contributed by atoms with van der Waals surface area (Å²) in [7, 11) is 3.41. The van der Waals surface area contributed by atoms with Gasteiger partial charge >= 0.3 is 0 Å². The van der Waals surface area contributed by atoms with Crippen LogP contribution >= 0.6 is 11.6 Å². The number of nitrogens with zero attached hydrogens (tertiary/aromatic N) is 1. The monoisotopic (exact) mass is 341 g/mol. The summed E-state index contributed by atoms with van der Waals surface area (Å²) in [6, 6.07) is 4.80. The number of nitrogens with one attached hydrogen (secondary N) is 2. The van der Waals surface area contributed by atoms with Gasteiger partial charge in [-0.2, -0.15) is 0 Å². The van der Waals surface area contributed by atoms with Gasteiger partial charge in [0, 0.05) is 23.7 Å². The summed E-state index contributed by atoms with van der Waals surface area (Å²) in [5.41, 5.74) is 0.895. The Balaban J connectivity index is 2.56. The van der Waals surface area contributed by atoms with E-state index in [9.17, 15) is 9.59 Å². The van der Waals surface area contributed by atoms with E-state index in [-0.39, 0.29) is 18.4 Å². The summed E-state index contributed by atoms with van der Waals surface area (Å²) in [6.45, 7) is 4.70. The zero-order chi connectivity index (χ0) is 17.4. The highest BCUT2D eigenvalue weighted by Crippen LogP contribution is 2.23. The van der Waals surface area contributed by atoms with Gasteiger partial charge in [0.05, 0.1) is 13.7 Å². The Labute approximate surface area is 142 Å². The molecule has 0 saturated heterocycles. The van der Waals surface area contributed by atoms with Gasteiger partial charge in [-0.05, 0) is 39.1 Å². The Morgan fingerprint density at radius 1 is 1.39 bits per heavy atom. The van der Waals surface area contributed by atoms with Crippen LogP contribution in [0.1, 0.15) is 19.4 Å². The van der Waals surface area contributed by atoms with Crippen LogP contribution < -0.4 is 15.4 Å². The standard InChI is InChI=1S/C16H24ClN3O3/c1-5-18-16(22)11(2)19-15(21)10-20(3)9-12-8-13(17)6-7-14(12)23-4/h6-8,11H,5,9-10H2,1-4H3,(H,18,22)(H,19,21)/t11-/m0/s1. The third-order valence-corrected chi connectivity index (χ3v) is 3.45. The van der Waals surface area contributed by atoms with E-state index in [2.05, 4.69) is 10.6 Å². The molecular formula is C16H24ClN3O3. The van der Waals surface area contributed by atoms with E-state index in [0.717, 1.165) is 11.3 Å². The van der Waals surface area contributed by atoms with Crippen molar-refractivity contribution in [1.29, 1.82) is 0 Å². The number of hydrogen-bond acceptors (Lipinski definition) is 4. The molecule has 0 unspecified atom stereocenters. The molecule has 6 nitrogen and oxygen atoms in total. The Kier molecular flexibility index (Phi) is 7.85. The second kappa shape index (κ2) is 9.37. The summed E-state index contributed by atoms with van der Waals surface area (Å²) >= 11 is 6.00. The first-order valence-electron chi connectivity index (χ1n) is 7.45. The molecule has 2 amide bonds. The molecular weight excluding hydrogens is 318 g/mol. The predicted octanol–water partition coefficient (Wildman–Crippen LogP) is 1.42. The molecule has 0 aliphatic heterocycles. The number of hydrogen-bond donors (Lipinski definition) is 2. The van der Waals surface area contributed by atoms with E-state index in [4.69, 9.17) is 16.3 Å². The number of methoxy groups -OCH3 is 1. The topological polar surface area (TPSA) is 70.7 Å². The van der Waals surface area contributed by atoms with Crippen LogP contribution in [0.5, 0.6) is 5.75 Å². The number of ether oxygens (including phenoxy) is 1. The summed E-state index contributed by atoms with van der Waals surface area (Å²) in [6.07, 6.45) is 0. The van der Waals surface area contributed by atoms with Crippen LogP contribution in [-0.2, 0) is 16.1 Å². The van der Waals surface area contributed by atoms with Crippen molar-refractivity contribution in [2.24, 2.45) is 0 Å². The first-order valence-corrected chi connectivity index (χ1v) is 7.83. The Hall–Kier alpha value is -1.79. The molecule has 1 aromatic carbocycles. The second-order valence-electron chi connectivity index (χ2n) is 5.31. The maximum atomic E-state index is 12.0. The number of likely N-dealkylation sites (N-methyl/N-ethyl adjacent to an activating group) is 2. The molecule has 0 aromatic heterocycles. The fourth-order valence-electron chi connectivity index (χ4n) is 2.14. The van der Waals surface area contributed by atoms with Crippen molar-refractivity contribution in [1.82, 2.24) is 15.5 Å². The van der Waals surface area contributed by atoms with Crippen LogP contribution in [0.25, 0.3) is 0 Å². The minimum Gasteiger partial charge on any atom is -0.496 e. The highest BCUT2D eigenvalue weighted by molar-refractivity contribution is 6.30. The van der Waals surface area contributed by atoms with E-state index in [1.807, 2.05) is 24.9 Å². The van der Waals surface area contributed by atoms with E-state index in [1.54, 1.807) is 26.2 Å². The number of halogens is 1. The molecule has 1 aromatic rings. The largest absolute Gasteiger partial charge is 0.496 e. The minimum atomic E-state index is -0.559. The smallest absolute Gasteiger partial charge is 0.242 e. The van der Waals surface area contributed by atoms with Gasteiger partial charge in [-0.1, -0.05) is 11.6 Å². The van der Waals surface area contributed by atoms with Gasteiger partial charge < -0.3 is 15.4 Å². The molecule has 0 fully saturated rings. The normalized spacial score (nSPS) is 11.9. The lowest BCUT2D eigenvalue weighted by Crippen LogP contribution is -2.47. The summed E-state index contributed by atoms with van der Waals surface area (Å²) in [4.78, 5) is 25.4. The molecule has 0 heterocycles. The number of carbonyl (C=O) groups excluding carboxylic acids is 2. The molecule has 0 saturated carbocycles. The second-order valence-corrected chi connectivity index (χ2v) is 5.75. The lowest BCUT2D eigenvalue weighted by Gasteiger charge is -2.20. The summed E-state index contributed by atoms with van der Waals surface area (Å²) in [5, 5.41) is 5.95. The van der Waals surface area contributed by atoms with Crippen LogP contribution in [0.2, 0.25) is 5.02 Å².